The first kappa shape index (κ1) is 9.47. The van der Waals surface area contributed by atoms with Crippen molar-refractivity contribution in [1.29, 1.82) is 0 Å². The van der Waals surface area contributed by atoms with Crippen molar-refractivity contribution in [3.05, 3.63) is 41.5 Å². The quantitative estimate of drug-likeness (QED) is 0.773. The van der Waals surface area contributed by atoms with E-state index < -0.39 is 0 Å². The summed E-state index contributed by atoms with van der Waals surface area (Å²) < 4.78 is 0. The normalized spacial score (nSPS) is 17.1. The van der Waals surface area contributed by atoms with Gasteiger partial charge in [0, 0.05) is 6.54 Å². The zero-order valence-corrected chi connectivity index (χ0v) is 8.66. The fourth-order valence-electron chi connectivity index (χ4n) is 1.91. The Balaban J connectivity index is 2.35. The predicted molar refractivity (Wildman–Crippen MR) is 60.9 cm³/mol. The minimum Gasteiger partial charge on any atom is -0.327 e. The molecule has 0 spiro atoms. The van der Waals surface area contributed by atoms with Gasteiger partial charge in [-0.3, -0.25) is 0 Å². The first-order valence-electron chi connectivity index (χ1n) is 5.29. The van der Waals surface area contributed by atoms with Crippen molar-refractivity contribution in [3.63, 3.8) is 0 Å². The van der Waals surface area contributed by atoms with Gasteiger partial charge >= 0.3 is 0 Å². The van der Waals surface area contributed by atoms with E-state index in [9.17, 15) is 0 Å². The van der Waals surface area contributed by atoms with Crippen molar-refractivity contribution in [3.8, 4) is 0 Å². The molecular weight excluding hydrogens is 170 g/mol. The van der Waals surface area contributed by atoms with Crippen LogP contribution < -0.4 is 5.73 Å². The fraction of sp³-hybridized carbons (Fsp3) is 0.385. The molecule has 1 aromatic carbocycles. The molecule has 1 aliphatic rings. The summed E-state index contributed by atoms with van der Waals surface area (Å²) in [5.41, 5.74) is 9.82. The fourth-order valence-corrected chi connectivity index (χ4v) is 1.91. The first-order chi connectivity index (χ1) is 6.83. The lowest BCUT2D eigenvalue weighted by molar-refractivity contribution is 1.11. The van der Waals surface area contributed by atoms with E-state index in [1.807, 2.05) is 0 Å². The molecule has 1 aliphatic carbocycles. The van der Waals surface area contributed by atoms with Crippen LogP contribution in [-0.2, 0) is 0 Å². The average molecular weight is 187 g/mol. The second kappa shape index (κ2) is 3.97. The average Bonchev–Trinajstić information content (AvgIpc) is 2.99. The van der Waals surface area contributed by atoms with E-state index in [0.717, 1.165) is 5.92 Å². The van der Waals surface area contributed by atoms with E-state index in [2.05, 4.69) is 37.3 Å². The highest BCUT2D eigenvalue weighted by Gasteiger charge is 2.26. The second-order valence-corrected chi connectivity index (χ2v) is 3.98. The van der Waals surface area contributed by atoms with Crippen molar-refractivity contribution in [2.75, 3.05) is 6.54 Å². The third-order valence-electron chi connectivity index (χ3n) is 2.81. The Morgan fingerprint density at radius 1 is 1.43 bits per heavy atom. The van der Waals surface area contributed by atoms with Crippen LogP contribution in [0.25, 0.3) is 5.57 Å². The molecular formula is C13H17N. The molecule has 0 atom stereocenters. The highest BCUT2D eigenvalue weighted by atomic mass is 14.5. The van der Waals surface area contributed by atoms with Crippen molar-refractivity contribution in [2.45, 2.75) is 19.8 Å². The number of benzene rings is 1. The summed E-state index contributed by atoms with van der Waals surface area (Å²) in [6.07, 6.45) is 4.85. The van der Waals surface area contributed by atoms with Crippen molar-refractivity contribution in [2.24, 2.45) is 11.7 Å². The molecule has 14 heavy (non-hydrogen) atoms. The lowest BCUT2D eigenvalue weighted by Gasteiger charge is -2.09. The van der Waals surface area contributed by atoms with Crippen LogP contribution in [0.3, 0.4) is 0 Å². The third kappa shape index (κ3) is 1.88. The molecule has 0 aromatic heterocycles. The van der Waals surface area contributed by atoms with Crippen LogP contribution in [0.1, 0.15) is 24.0 Å². The van der Waals surface area contributed by atoms with E-state index >= 15 is 0 Å². The molecule has 1 nitrogen and oxygen atoms in total. The third-order valence-corrected chi connectivity index (χ3v) is 2.81. The van der Waals surface area contributed by atoms with E-state index in [1.165, 1.54) is 29.5 Å². The maximum atomic E-state index is 5.61. The van der Waals surface area contributed by atoms with Gasteiger partial charge in [0.1, 0.15) is 0 Å². The Hall–Kier alpha value is -1.08. The van der Waals surface area contributed by atoms with Crippen molar-refractivity contribution in [1.82, 2.24) is 0 Å². The molecule has 1 heteroatoms. The summed E-state index contributed by atoms with van der Waals surface area (Å²) in [5, 5.41) is 0. The number of hydrogen-bond donors (Lipinski definition) is 1. The lowest BCUT2D eigenvalue weighted by Crippen LogP contribution is -1.98. The van der Waals surface area contributed by atoms with E-state index in [1.54, 1.807) is 0 Å². The van der Waals surface area contributed by atoms with Crippen LogP contribution >= 0.6 is 0 Å². The first-order valence-corrected chi connectivity index (χ1v) is 5.29. The molecule has 0 radical (unpaired) electrons. The number of nitrogens with two attached hydrogens (primary N) is 1. The van der Waals surface area contributed by atoms with E-state index in [0.29, 0.717) is 6.54 Å². The van der Waals surface area contributed by atoms with Gasteiger partial charge in [-0.25, -0.2) is 0 Å². The summed E-state index contributed by atoms with van der Waals surface area (Å²) in [5.74, 6) is 0.777. The summed E-state index contributed by atoms with van der Waals surface area (Å²) in [6, 6.07) is 8.57. The number of aryl methyl sites for hydroxylation is 1. The standard InChI is InChI=1S/C13H17N/c1-10-4-2-3-5-12(10)13(8-9-14)11-6-7-11/h2-5,8,11H,6-7,9,14H2,1H3/b13-8+. The maximum Gasteiger partial charge on any atom is 0.0112 e. The molecule has 0 heterocycles. The number of rotatable bonds is 3. The molecule has 0 aliphatic heterocycles. The van der Waals surface area contributed by atoms with Crippen molar-refractivity contribution < 1.29 is 0 Å². The SMILES string of the molecule is Cc1ccccc1/C(=C/CN)C1CC1. The van der Waals surface area contributed by atoms with Gasteiger partial charge in [-0.15, -0.1) is 0 Å². The monoisotopic (exact) mass is 187 g/mol. The molecule has 2 N–H and O–H groups in total. The summed E-state index contributed by atoms with van der Waals surface area (Å²) >= 11 is 0. The minimum absolute atomic E-state index is 0.653. The Bertz CT molecular complexity index is 348. The topological polar surface area (TPSA) is 26.0 Å². The van der Waals surface area contributed by atoms with Gasteiger partial charge < -0.3 is 5.73 Å². The zero-order valence-electron chi connectivity index (χ0n) is 8.66. The van der Waals surface area contributed by atoms with Crippen molar-refractivity contribution >= 4 is 5.57 Å². The largest absolute Gasteiger partial charge is 0.327 e. The molecule has 1 aromatic rings. The molecule has 74 valence electrons. The zero-order chi connectivity index (χ0) is 9.97. The van der Waals surface area contributed by atoms with Crippen LogP contribution in [0, 0.1) is 12.8 Å². The van der Waals surface area contributed by atoms with E-state index in [4.69, 9.17) is 5.73 Å². The maximum absolute atomic E-state index is 5.61. The molecule has 1 fully saturated rings. The molecule has 0 bridgehead atoms. The van der Waals surface area contributed by atoms with Gasteiger partial charge in [-0.2, -0.15) is 0 Å². The Morgan fingerprint density at radius 3 is 2.71 bits per heavy atom. The molecule has 1 saturated carbocycles. The molecule has 0 unspecified atom stereocenters. The van der Waals surface area contributed by atoms with Gasteiger partial charge in [0.2, 0.25) is 0 Å². The highest BCUT2D eigenvalue weighted by molar-refractivity contribution is 5.71. The van der Waals surface area contributed by atoms with Gasteiger partial charge in [0.25, 0.3) is 0 Å². The van der Waals surface area contributed by atoms with Gasteiger partial charge in [0.05, 0.1) is 0 Å². The van der Waals surface area contributed by atoms with Gasteiger partial charge in [0.15, 0.2) is 0 Å². The van der Waals surface area contributed by atoms with Crippen LogP contribution in [0.15, 0.2) is 30.3 Å². The predicted octanol–water partition coefficient (Wildman–Crippen LogP) is 2.75. The minimum atomic E-state index is 0.653. The molecule has 2 rings (SSSR count). The Labute approximate surface area is 85.6 Å². The summed E-state index contributed by atoms with van der Waals surface area (Å²) in [7, 11) is 0. The van der Waals surface area contributed by atoms with E-state index in [-0.39, 0.29) is 0 Å². The second-order valence-electron chi connectivity index (χ2n) is 3.98. The lowest BCUT2D eigenvalue weighted by atomic mass is 9.97. The summed E-state index contributed by atoms with van der Waals surface area (Å²) in [6.45, 7) is 2.82. The van der Waals surface area contributed by atoms with Gasteiger partial charge in [-0.05, 0) is 42.4 Å². The summed E-state index contributed by atoms with van der Waals surface area (Å²) in [4.78, 5) is 0. The van der Waals surface area contributed by atoms with Crippen LogP contribution in [-0.4, -0.2) is 6.54 Å². The number of allylic oxidation sites excluding steroid dienone is 1. The molecule has 0 saturated heterocycles. The smallest absolute Gasteiger partial charge is 0.0112 e. The Morgan fingerprint density at radius 2 is 2.14 bits per heavy atom. The number of hydrogen-bond acceptors (Lipinski definition) is 1. The highest BCUT2D eigenvalue weighted by Crippen LogP contribution is 2.42. The Kier molecular flexibility index (Phi) is 2.69. The van der Waals surface area contributed by atoms with Crippen LogP contribution in [0.2, 0.25) is 0 Å². The van der Waals surface area contributed by atoms with Crippen LogP contribution in [0.4, 0.5) is 0 Å². The molecule has 0 amide bonds. The van der Waals surface area contributed by atoms with Gasteiger partial charge in [-0.1, -0.05) is 30.3 Å². The van der Waals surface area contributed by atoms with Crippen LogP contribution in [0.5, 0.6) is 0 Å².